The van der Waals surface area contributed by atoms with Gasteiger partial charge in [0.25, 0.3) is 0 Å². The molecule has 2 heteroatoms. The molecule has 0 spiro atoms. The lowest BCUT2D eigenvalue weighted by molar-refractivity contribution is 0.410. The molecule has 1 aliphatic rings. The molecular formula is C15H24N2. The molecule has 0 saturated heterocycles. The van der Waals surface area contributed by atoms with E-state index in [9.17, 15) is 0 Å². The molecule has 2 unspecified atom stereocenters. The Balaban J connectivity index is 2.27. The molecule has 0 bridgehead atoms. The monoisotopic (exact) mass is 232 g/mol. The van der Waals surface area contributed by atoms with Gasteiger partial charge in [0.1, 0.15) is 0 Å². The number of nitrogens with zero attached hydrogens (tertiary/aromatic N) is 1. The number of aryl methyl sites for hydroxylation is 1. The first kappa shape index (κ1) is 12.4. The van der Waals surface area contributed by atoms with E-state index in [-0.39, 0.29) is 0 Å². The van der Waals surface area contributed by atoms with Crippen LogP contribution in [0.2, 0.25) is 0 Å². The molecule has 2 rings (SSSR count). The molecule has 94 valence electrons. The highest BCUT2D eigenvalue weighted by molar-refractivity contribution is 5.56. The lowest BCUT2D eigenvalue weighted by atomic mass is 9.93. The Hall–Kier alpha value is -1.02. The normalized spacial score (nSPS) is 18.6. The first-order valence-corrected chi connectivity index (χ1v) is 6.82. The number of anilines is 1. The third-order valence-corrected chi connectivity index (χ3v) is 4.09. The number of para-hydroxylation sites is 1. The van der Waals surface area contributed by atoms with Crippen LogP contribution in [0.5, 0.6) is 0 Å². The minimum atomic E-state index is 0.487. The lowest BCUT2D eigenvalue weighted by Crippen LogP contribution is -2.47. The van der Waals surface area contributed by atoms with Crippen molar-refractivity contribution in [3.8, 4) is 0 Å². The summed E-state index contributed by atoms with van der Waals surface area (Å²) >= 11 is 0. The second-order valence-electron chi connectivity index (χ2n) is 5.11. The molecule has 17 heavy (non-hydrogen) atoms. The fourth-order valence-corrected chi connectivity index (χ4v) is 2.85. The molecule has 1 aliphatic heterocycles. The zero-order valence-corrected chi connectivity index (χ0v) is 11.0. The Kier molecular flexibility index (Phi) is 4.06. The van der Waals surface area contributed by atoms with Crippen LogP contribution in [0.1, 0.15) is 32.3 Å². The summed E-state index contributed by atoms with van der Waals surface area (Å²) in [6.07, 6.45) is 3.66. The number of hydrogen-bond acceptors (Lipinski definition) is 2. The molecule has 0 aliphatic carbocycles. The Morgan fingerprint density at radius 2 is 2.12 bits per heavy atom. The van der Waals surface area contributed by atoms with Crippen molar-refractivity contribution in [2.75, 3.05) is 18.0 Å². The van der Waals surface area contributed by atoms with Gasteiger partial charge in [-0.05, 0) is 30.4 Å². The minimum absolute atomic E-state index is 0.487. The van der Waals surface area contributed by atoms with Crippen molar-refractivity contribution in [1.82, 2.24) is 0 Å². The van der Waals surface area contributed by atoms with Crippen LogP contribution in [0.25, 0.3) is 0 Å². The van der Waals surface area contributed by atoms with Crippen LogP contribution in [-0.4, -0.2) is 19.1 Å². The van der Waals surface area contributed by atoms with Gasteiger partial charge in [0, 0.05) is 24.8 Å². The van der Waals surface area contributed by atoms with E-state index in [0.29, 0.717) is 12.0 Å². The van der Waals surface area contributed by atoms with E-state index in [1.165, 1.54) is 30.5 Å². The van der Waals surface area contributed by atoms with Crippen LogP contribution in [0.4, 0.5) is 5.69 Å². The zero-order valence-electron chi connectivity index (χ0n) is 11.0. The van der Waals surface area contributed by atoms with Crippen LogP contribution in [-0.2, 0) is 6.42 Å². The lowest BCUT2D eigenvalue weighted by Gasteiger charge is -2.40. The van der Waals surface area contributed by atoms with E-state index in [0.717, 1.165) is 13.1 Å². The van der Waals surface area contributed by atoms with Crippen molar-refractivity contribution >= 4 is 5.69 Å². The third kappa shape index (κ3) is 2.47. The topological polar surface area (TPSA) is 29.3 Å². The quantitative estimate of drug-likeness (QED) is 0.865. The maximum absolute atomic E-state index is 6.00. The highest BCUT2D eigenvalue weighted by atomic mass is 15.2. The van der Waals surface area contributed by atoms with Crippen molar-refractivity contribution in [1.29, 1.82) is 0 Å². The van der Waals surface area contributed by atoms with Gasteiger partial charge in [0.05, 0.1) is 0 Å². The first-order valence-electron chi connectivity index (χ1n) is 6.82. The summed E-state index contributed by atoms with van der Waals surface area (Å²) in [5, 5.41) is 0. The van der Waals surface area contributed by atoms with Crippen LogP contribution >= 0.6 is 0 Å². The molecular weight excluding hydrogens is 208 g/mol. The second kappa shape index (κ2) is 5.54. The van der Waals surface area contributed by atoms with Gasteiger partial charge in [-0.25, -0.2) is 0 Å². The summed E-state index contributed by atoms with van der Waals surface area (Å²) in [7, 11) is 0. The van der Waals surface area contributed by atoms with Gasteiger partial charge in [0.2, 0.25) is 0 Å². The average molecular weight is 232 g/mol. The Morgan fingerprint density at radius 1 is 1.35 bits per heavy atom. The fourth-order valence-electron chi connectivity index (χ4n) is 2.85. The summed E-state index contributed by atoms with van der Waals surface area (Å²) in [4.78, 5) is 2.53. The molecule has 0 fully saturated rings. The standard InChI is InChI=1S/C15H24N2/c1-3-12(2)15(11-16)17-10-6-8-13-7-4-5-9-14(13)17/h4-5,7,9,12,15H,3,6,8,10-11,16H2,1-2H3. The van der Waals surface area contributed by atoms with E-state index >= 15 is 0 Å². The van der Waals surface area contributed by atoms with Gasteiger partial charge < -0.3 is 10.6 Å². The Bertz CT molecular complexity index is 362. The summed E-state index contributed by atoms with van der Waals surface area (Å²) in [5.74, 6) is 0.658. The van der Waals surface area contributed by atoms with Gasteiger partial charge in [-0.15, -0.1) is 0 Å². The molecule has 1 aromatic carbocycles. The first-order chi connectivity index (χ1) is 8.27. The largest absolute Gasteiger partial charge is 0.367 e. The van der Waals surface area contributed by atoms with E-state index in [1.54, 1.807) is 0 Å². The van der Waals surface area contributed by atoms with Crippen molar-refractivity contribution in [2.45, 2.75) is 39.2 Å². The molecule has 1 heterocycles. The third-order valence-electron chi connectivity index (χ3n) is 4.09. The molecule has 2 atom stereocenters. The van der Waals surface area contributed by atoms with Crippen molar-refractivity contribution < 1.29 is 0 Å². The van der Waals surface area contributed by atoms with E-state index in [2.05, 4.69) is 43.0 Å². The van der Waals surface area contributed by atoms with Gasteiger partial charge in [-0.1, -0.05) is 38.5 Å². The van der Waals surface area contributed by atoms with Gasteiger partial charge in [-0.2, -0.15) is 0 Å². The predicted molar refractivity (Wildman–Crippen MR) is 74.4 cm³/mol. The molecule has 1 aromatic rings. The fraction of sp³-hybridized carbons (Fsp3) is 0.600. The maximum Gasteiger partial charge on any atom is 0.0437 e. The van der Waals surface area contributed by atoms with Crippen LogP contribution in [0.3, 0.4) is 0 Å². The van der Waals surface area contributed by atoms with Gasteiger partial charge >= 0.3 is 0 Å². The van der Waals surface area contributed by atoms with E-state index < -0.39 is 0 Å². The highest BCUT2D eigenvalue weighted by Gasteiger charge is 2.26. The summed E-state index contributed by atoms with van der Waals surface area (Å²) in [5.41, 5.74) is 8.89. The predicted octanol–water partition coefficient (Wildman–Crippen LogP) is 2.81. The number of benzene rings is 1. The summed E-state index contributed by atoms with van der Waals surface area (Å²) < 4.78 is 0. The maximum atomic E-state index is 6.00. The van der Waals surface area contributed by atoms with Crippen LogP contribution in [0.15, 0.2) is 24.3 Å². The second-order valence-corrected chi connectivity index (χ2v) is 5.11. The Morgan fingerprint density at radius 3 is 2.82 bits per heavy atom. The van der Waals surface area contributed by atoms with E-state index in [1.807, 2.05) is 0 Å². The Labute approximate surface area is 105 Å². The van der Waals surface area contributed by atoms with Crippen LogP contribution < -0.4 is 10.6 Å². The molecule has 0 saturated carbocycles. The van der Waals surface area contributed by atoms with E-state index in [4.69, 9.17) is 5.73 Å². The van der Waals surface area contributed by atoms with Gasteiger partial charge in [-0.3, -0.25) is 0 Å². The zero-order chi connectivity index (χ0) is 12.3. The molecule has 0 aromatic heterocycles. The highest BCUT2D eigenvalue weighted by Crippen LogP contribution is 2.30. The number of hydrogen-bond donors (Lipinski definition) is 1. The van der Waals surface area contributed by atoms with Crippen molar-refractivity contribution in [3.05, 3.63) is 29.8 Å². The van der Waals surface area contributed by atoms with Crippen molar-refractivity contribution in [3.63, 3.8) is 0 Å². The number of fused-ring (bicyclic) bond motifs is 1. The molecule has 0 radical (unpaired) electrons. The van der Waals surface area contributed by atoms with Gasteiger partial charge in [0.15, 0.2) is 0 Å². The smallest absolute Gasteiger partial charge is 0.0437 e. The SMILES string of the molecule is CCC(C)C(CN)N1CCCc2ccccc21. The average Bonchev–Trinajstić information content (AvgIpc) is 2.39. The van der Waals surface area contributed by atoms with Crippen molar-refractivity contribution in [2.24, 2.45) is 11.7 Å². The summed E-state index contributed by atoms with van der Waals surface area (Å²) in [6, 6.07) is 9.27. The molecule has 2 N–H and O–H groups in total. The number of rotatable bonds is 4. The number of nitrogens with two attached hydrogens (primary N) is 1. The molecule has 2 nitrogen and oxygen atoms in total. The molecule has 0 amide bonds. The summed E-state index contributed by atoms with van der Waals surface area (Å²) in [6.45, 7) is 6.48. The minimum Gasteiger partial charge on any atom is -0.367 e. The van der Waals surface area contributed by atoms with Crippen LogP contribution in [0, 0.1) is 5.92 Å².